The summed E-state index contributed by atoms with van der Waals surface area (Å²) in [4.78, 5) is 6.48. The van der Waals surface area contributed by atoms with Gasteiger partial charge in [0.15, 0.2) is 0 Å². The lowest BCUT2D eigenvalue weighted by atomic mass is 10.2. The van der Waals surface area contributed by atoms with Crippen LogP contribution in [0.1, 0.15) is 11.0 Å². The number of thiophene rings is 1. The molecule has 0 saturated carbocycles. The number of hydrogen-bond acceptors (Lipinski definition) is 5. The molecule has 0 radical (unpaired) electrons. The normalized spacial score (nSPS) is 23.1. The van der Waals surface area contributed by atoms with Gasteiger partial charge in [0.2, 0.25) is 0 Å². The summed E-state index contributed by atoms with van der Waals surface area (Å²) in [7, 11) is 0. The smallest absolute Gasteiger partial charge is 0.0984 e. The van der Waals surface area contributed by atoms with Gasteiger partial charge in [-0.05, 0) is 28.1 Å². The van der Waals surface area contributed by atoms with Crippen LogP contribution < -0.4 is 0 Å². The minimum atomic E-state index is 0.379. The predicted octanol–water partition coefficient (Wildman–Crippen LogP) is 2.17. The molecule has 1 aromatic heterocycles. The van der Waals surface area contributed by atoms with Crippen LogP contribution in [0, 0.1) is 0 Å². The number of nitrogens with zero attached hydrogens (tertiary/aromatic N) is 2. The fraction of sp³-hybridized carbons (Fsp3) is 0.692. The van der Waals surface area contributed by atoms with Crippen molar-refractivity contribution >= 4 is 27.3 Å². The van der Waals surface area contributed by atoms with E-state index in [-0.39, 0.29) is 0 Å². The Morgan fingerprint density at radius 3 is 1.89 bits per heavy atom. The van der Waals surface area contributed by atoms with Crippen LogP contribution >= 0.6 is 27.3 Å². The molecule has 3 rings (SSSR count). The zero-order valence-electron chi connectivity index (χ0n) is 10.9. The monoisotopic (exact) mass is 346 g/mol. The minimum absolute atomic E-state index is 0.379. The van der Waals surface area contributed by atoms with E-state index in [4.69, 9.17) is 9.47 Å². The summed E-state index contributed by atoms with van der Waals surface area (Å²) in [6, 6.07) is 4.39. The SMILES string of the molecule is Brc1ccc(C(N2CCOCC2)N2CCOCC2)s1. The zero-order valence-corrected chi connectivity index (χ0v) is 13.3. The lowest BCUT2D eigenvalue weighted by molar-refractivity contribution is -0.0663. The van der Waals surface area contributed by atoms with E-state index in [1.165, 1.54) is 8.66 Å². The maximum atomic E-state index is 5.49. The predicted molar refractivity (Wildman–Crippen MR) is 79.5 cm³/mol. The van der Waals surface area contributed by atoms with Crippen LogP contribution in [0.15, 0.2) is 15.9 Å². The molecule has 19 heavy (non-hydrogen) atoms. The third-order valence-corrected chi connectivity index (χ3v) is 5.30. The van der Waals surface area contributed by atoms with Crippen molar-refractivity contribution in [2.75, 3.05) is 52.6 Å². The molecular weight excluding hydrogens is 328 g/mol. The first kappa shape index (κ1) is 14.0. The van der Waals surface area contributed by atoms with Gasteiger partial charge in [0.25, 0.3) is 0 Å². The van der Waals surface area contributed by atoms with Crippen molar-refractivity contribution in [1.82, 2.24) is 9.80 Å². The van der Waals surface area contributed by atoms with Gasteiger partial charge in [-0.2, -0.15) is 0 Å². The number of morpholine rings is 2. The molecule has 6 heteroatoms. The first-order valence-corrected chi connectivity index (χ1v) is 8.34. The molecule has 0 bridgehead atoms. The maximum absolute atomic E-state index is 5.49. The van der Waals surface area contributed by atoms with Gasteiger partial charge in [-0.1, -0.05) is 0 Å². The molecule has 0 atom stereocenters. The van der Waals surface area contributed by atoms with Crippen LogP contribution in [-0.2, 0) is 9.47 Å². The molecule has 0 unspecified atom stereocenters. The lowest BCUT2D eigenvalue weighted by Crippen LogP contribution is -2.49. The molecule has 0 aromatic carbocycles. The fourth-order valence-corrected chi connectivity index (χ4v) is 4.30. The number of rotatable bonds is 3. The van der Waals surface area contributed by atoms with E-state index in [0.29, 0.717) is 6.17 Å². The molecule has 2 fully saturated rings. The van der Waals surface area contributed by atoms with E-state index in [1.54, 1.807) is 0 Å². The Morgan fingerprint density at radius 2 is 1.47 bits per heavy atom. The van der Waals surface area contributed by atoms with E-state index in [2.05, 4.69) is 37.9 Å². The second-order valence-corrected chi connectivity index (χ2v) is 7.31. The summed E-state index contributed by atoms with van der Waals surface area (Å²) in [6.45, 7) is 7.41. The Hall–Kier alpha value is 0.0200. The van der Waals surface area contributed by atoms with Crippen LogP contribution in [-0.4, -0.2) is 62.4 Å². The summed E-state index contributed by atoms with van der Waals surface area (Å²) in [5, 5.41) is 0. The van der Waals surface area contributed by atoms with Crippen molar-refractivity contribution in [2.45, 2.75) is 6.17 Å². The van der Waals surface area contributed by atoms with E-state index in [0.717, 1.165) is 52.6 Å². The van der Waals surface area contributed by atoms with Crippen molar-refractivity contribution < 1.29 is 9.47 Å². The van der Waals surface area contributed by atoms with Crippen molar-refractivity contribution in [2.24, 2.45) is 0 Å². The van der Waals surface area contributed by atoms with Crippen molar-refractivity contribution in [3.05, 3.63) is 20.8 Å². The molecule has 106 valence electrons. The maximum Gasteiger partial charge on any atom is 0.0984 e. The van der Waals surface area contributed by atoms with Gasteiger partial charge >= 0.3 is 0 Å². The Morgan fingerprint density at radius 1 is 0.947 bits per heavy atom. The van der Waals surface area contributed by atoms with Crippen LogP contribution in [0.3, 0.4) is 0 Å². The molecule has 0 spiro atoms. The van der Waals surface area contributed by atoms with Gasteiger partial charge < -0.3 is 9.47 Å². The molecular formula is C13H19BrN2O2S. The van der Waals surface area contributed by atoms with Crippen LogP contribution in [0.4, 0.5) is 0 Å². The van der Waals surface area contributed by atoms with Gasteiger partial charge in [-0.25, -0.2) is 0 Å². The van der Waals surface area contributed by atoms with Gasteiger partial charge in [0.1, 0.15) is 0 Å². The zero-order chi connectivity index (χ0) is 13.1. The minimum Gasteiger partial charge on any atom is -0.379 e. The van der Waals surface area contributed by atoms with Crippen molar-refractivity contribution in [3.63, 3.8) is 0 Å². The quantitative estimate of drug-likeness (QED) is 0.837. The average molecular weight is 347 g/mol. The molecule has 3 heterocycles. The summed E-state index contributed by atoms with van der Waals surface area (Å²) < 4.78 is 12.2. The van der Waals surface area contributed by atoms with E-state index < -0.39 is 0 Å². The molecule has 1 aromatic rings. The molecule has 0 aliphatic carbocycles. The summed E-state index contributed by atoms with van der Waals surface area (Å²) in [5.74, 6) is 0. The Bertz CT molecular complexity index is 385. The van der Waals surface area contributed by atoms with E-state index in [9.17, 15) is 0 Å². The Balaban J connectivity index is 1.81. The van der Waals surface area contributed by atoms with Crippen molar-refractivity contribution in [3.8, 4) is 0 Å². The highest BCUT2D eigenvalue weighted by molar-refractivity contribution is 9.11. The highest BCUT2D eigenvalue weighted by Gasteiger charge is 2.30. The molecule has 2 saturated heterocycles. The molecule has 0 amide bonds. The van der Waals surface area contributed by atoms with Crippen LogP contribution in [0.5, 0.6) is 0 Å². The van der Waals surface area contributed by atoms with Crippen LogP contribution in [0.25, 0.3) is 0 Å². The standard InChI is InChI=1S/C13H19BrN2O2S/c14-12-2-1-11(19-12)13(15-3-7-17-8-4-15)16-5-9-18-10-6-16/h1-2,13H,3-10H2. The first-order chi connectivity index (χ1) is 9.34. The first-order valence-electron chi connectivity index (χ1n) is 6.73. The third-order valence-electron chi connectivity index (χ3n) is 3.63. The second-order valence-electron chi connectivity index (χ2n) is 4.81. The fourth-order valence-electron chi connectivity index (χ4n) is 2.70. The van der Waals surface area contributed by atoms with Gasteiger partial charge in [-0.15, -0.1) is 11.3 Å². The van der Waals surface area contributed by atoms with Gasteiger partial charge in [0.05, 0.1) is 36.4 Å². The molecule has 0 N–H and O–H groups in total. The largest absolute Gasteiger partial charge is 0.379 e. The van der Waals surface area contributed by atoms with E-state index >= 15 is 0 Å². The van der Waals surface area contributed by atoms with Gasteiger partial charge in [-0.3, -0.25) is 9.80 Å². The Kier molecular flexibility index (Phi) is 4.89. The average Bonchev–Trinajstić information content (AvgIpc) is 2.88. The molecule has 2 aliphatic heterocycles. The highest BCUT2D eigenvalue weighted by Crippen LogP contribution is 2.33. The second kappa shape index (κ2) is 6.65. The topological polar surface area (TPSA) is 24.9 Å². The summed E-state index contributed by atoms with van der Waals surface area (Å²) in [6.07, 6.45) is 0.379. The number of halogens is 1. The Labute approximate surface area is 126 Å². The van der Waals surface area contributed by atoms with Crippen molar-refractivity contribution in [1.29, 1.82) is 0 Å². The van der Waals surface area contributed by atoms with Crippen LogP contribution in [0.2, 0.25) is 0 Å². The molecule has 4 nitrogen and oxygen atoms in total. The van der Waals surface area contributed by atoms with E-state index in [1.807, 2.05) is 11.3 Å². The third kappa shape index (κ3) is 3.37. The lowest BCUT2D eigenvalue weighted by Gasteiger charge is -2.42. The highest BCUT2D eigenvalue weighted by atomic mass is 79.9. The summed E-state index contributed by atoms with van der Waals surface area (Å²) in [5.41, 5.74) is 0. The van der Waals surface area contributed by atoms with Gasteiger partial charge in [0, 0.05) is 31.1 Å². The summed E-state index contributed by atoms with van der Waals surface area (Å²) >= 11 is 5.42. The number of hydrogen-bond donors (Lipinski definition) is 0. The molecule has 2 aliphatic rings. The number of ether oxygens (including phenoxy) is 2.